The summed E-state index contributed by atoms with van der Waals surface area (Å²) in [6.45, 7) is 3.70. The van der Waals surface area contributed by atoms with Gasteiger partial charge in [-0.15, -0.1) is 6.58 Å². The normalized spacial score (nSPS) is 33.0. The van der Waals surface area contributed by atoms with Crippen molar-refractivity contribution in [3.05, 3.63) is 12.7 Å². The second-order valence-corrected chi connectivity index (χ2v) is 4.34. The van der Waals surface area contributed by atoms with Crippen LogP contribution in [0.3, 0.4) is 0 Å². The third-order valence-corrected chi connectivity index (χ3v) is 2.92. The van der Waals surface area contributed by atoms with Crippen LogP contribution in [0.15, 0.2) is 12.7 Å². The number of methoxy groups -OCH3 is 3. The molecule has 1 N–H and O–H groups in total. The topological polar surface area (TPSA) is 84.8 Å². The Hall–Kier alpha value is -0.580. The van der Waals surface area contributed by atoms with Crippen molar-refractivity contribution in [2.75, 3.05) is 41.7 Å². The molecule has 0 aliphatic carbocycles. The number of rotatable bonds is 10. The highest BCUT2D eigenvalue weighted by atomic mass is 16.7. The second kappa shape index (κ2) is 10.2. The molecule has 0 saturated carbocycles. The molecule has 21 heavy (non-hydrogen) atoms. The van der Waals surface area contributed by atoms with Gasteiger partial charge in [0.1, 0.15) is 44.8 Å². The standard InChI is InChI=1S/C13H24O8/c1-5-9-10(18-6-15-2)11(19-7-16-3)12(13(14)21-9)20-8-17-4/h5,9-14H,1,6-8H2,2-4H3/t9-,10+,11+,12-,13?/m0/s1. The zero-order valence-corrected chi connectivity index (χ0v) is 12.6. The number of ether oxygens (including phenoxy) is 7. The fourth-order valence-corrected chi connectivity index (χ4v) is 2.04. The fourth-order valence-electron chi connectivity index (χ4n) is 2.04. The highest BCUT2D eigenvalue weighted by Crippen LogP contribution is 2.27. The van der Waals surface area contributed by atoms with Crippen LogP contribution in [0.25, 0.3) is 0 Å². The van der Waals surface area contributed by atoms with Gasteiger partial charge in [-0.05, 0) is 0 Å². The van der Waals surface area contributed by atoms with Crippen molar-refractivity contribution in [1.82, 2.24) is 0 Å². The smallest absolute Gasteiger partial charge is 0.184 e. The Morgan fingerprint density at radius 3 is 1.86 bits per heavy atom. The van der Waals surface area contributed by atoms with Gasteiger partial charge in [-0.1, -0.05) is 6.08 Å². The van der Waals surface area contributed by atoms with E-state index in [0.717, 1.165) is 0 Å². The lowest BCUT2D eigenvalue weighted by Crippen LogP contribution is -2.60. The molecule has 0 aromatic heterocycles. The van der Waals surface area contributed by atoms with Gasteiger partial charge in [-0.3, -0.25) is 0 Å². The van der Waals surface area contributed by atoms with E-state index in [1.807, 2.05) is 0 Å². The molecule has 8 nitrogen and oxygen atoms in total. The van der Waals surface area contributed by atoms with Crippen molar-refractivity contribution >= 4 is 0 Å². The van der Waals surface area contributed by atoms with E-state index >= 15 is 0 Å². The molecule has 0 amide bonds. The maximum Gasteiger partial charge on any atom is 0.184 e. The predicted octanol–water partition coefficient (Wildman–Crippen LogP) is -0.143. The quantitative estimate of drug-likeness (QED) is 0.441. The first kappa shape index (κ1) is 18.5. The summed E-state index contributed by atoms with van der Waals surface area (Å²) in [6.07, 6.45) is -2.24. The monoisotopic (exact) mass is 308 g/mol. The highest BCUT2D eigenvalue weighted by Gasteiger charge is 2.47. The van der Waals surface area contributed by atoms with E-state index in [9.17, 15) is 5.11 Å². The van der Waals surface area contributed by atoms with Crippen LogP contribution in [-0.2, 0) is 33.2 Å². The van der Waals surface area contributed by atoms with Crippen LogP contribution in [0.5, 0.6) is 0 Å². The van der Waals surface area contributed by atoms with Crippen molar-refractivity contribution in [2.24, 2.45) is 0 Å². The van der Waals surface area contributed by atoms with Crippen molar-refractivity contribution < 1.29 is 38.3 Å². The van der Waals surface area contributed by atoms with Gasteiger partial charge in [0.05, 0.1) is 0 Å². The van der Waals surface area contributed by atoms with Crippen LogP contribution in [0.4, 0.5) is 0 Å². The first-order chi connectivity index (χ1) is 10.2. The van der Waals surface area contributed by atoms with Gasteiger partial charge in [-0.2, -0.15) is 0 Å². The first-order valence-electron chi connectivity index (χ1n) is 6.47. The van der Waals surface area contributed by atoms with Crippen LogP contribution in [0.1, 0.15) is 0 Å². The van der Waals surface area contributed by atoms with E-state index in [4.69, 9.17) is 33.2 Å². The zero-order chi connectivity index (χ0) is 15.7. The molecule has 5 atom stereocenters. The number of hydrogen-bond acceptors (Lipinski definition) is 8. The van der Waals surface area contributed by atoms with Gasteiger partial charge >= 0.3 is 0 Å². The lowest BCUT2D eigenvalue weighted by molar-refractivity contribution is -0.321. The van der Waals surface area contributed by atoms with E-state index in [1.54, 1.807) is 0 Å². The number of hydrogen-bond donors (Lipinski definition) is 1. The third kappa shape index (κ3) is 5.28. The number of aliphatic hydroxyl groups excluding tert-OH is 1. The summed E-state index contributed by atoms with van der Waals surface area (Å²) in [7, 11) is 4.48. The molecule has 0 aromatic rings. The summed E-state index contributed by atoms with van der Waals surface area (Å²) in [5.41, 5.74) is 0. The van der Waals surface area contributed by atoms with Gasteiger partial charge < -0.3 is 38.3 Å². The molecule has 0 radical (unpaired) electrons. The summed E-state index contributed by atoms with van der Waals surface area (Å²) in [5, 5.41) is 10.1. The minimum atomic E-state index is -1.20. The summed E-state index contributed by atoms with van der Waals surface area (Å²) in [5.74, 6) is 0. The Morgan fingerprint density at radius 1 is 0.905 bits per heavy atom. The van der Waals surface area contributed by atoms with Crippen LogP contribution in [0, 0.1) is 0 Å². The molecule has 1 saturated heterocycles. The second-order valence-electron chi connectivity index (χ2n) is 4.34. The molecule has 1 aliphatic rings. The Balaban J connectivity index is 2.85. The van der Waals surface area contributed by atoms with Crippen LogP contribution in [-0.4, -0.2) is 77.5 Å². The Labute approximate surface area is 124 Å². The van der Waals surface area contributed by atoms with Crippen molar-refractivity contribution in [2.45, 2.75) is 30.7 Å². The summed E-state index contributed by atoms with van der Waals surface area (Å²) < 4.78 is 36.7. The summed E-state index contributed by atoms with van der Waals surface area (Å²) in [6, 6.07) is 0. The molecular formula is C13H24O8. The molecule has 124 valence electrons. The number of aliphatic hydroxyl groups is 1. The largest absolute Gasteiger partial charge is 0.366 e. The van der Waals surface area contributed by atoms with Crippen LogP contribution >= 0.6 is 0 Å². The molecule has 8 heteroatoms. The Bertz CT molecular complexity index is 287. The van der Waals surface area contributed by atoms with Gasteiger partial charge in [0.15, 0.2) is 6.29 Å². The van der Waals surface area contributed by atoms with Crippen LogP contribution < -0.4 is 0 Å². The molecule has 0 bridgehead atoms. The zero-order valence-electron chi connectivity index (χ0n) is 12.6. The minimum absolute atomic E-state index is 0.0148. The highest BCUT2D eigenvalue weighted by molar-refractivity contribution is 4.99. The molecule has 0 aromatic carbocycles. The van der Waals surface area contributed by atoms with Crippen molar-refractivity contribution in [1.29, 1.82) is 0 Å². The summed E-state index contributed by atoms with van der Waals surface area (Å²) >= 11 is 0. The predicted molar refractivity (Wildman–Crippen MR) is 71.3 cm³/mol. The maximum absolute atomic E-state index is 10.1. The van der Waals surface area contributed by atoms with E-state index in [1.165, 1.54) is 27.4 Å². The fraction of sp³-hybridized carbons (Fsp3) is 0.846. The third-order valence-electron chi connectivity index (χ3n) is 2.92. The van der Waals surface area contributed by atoms with Gasteiger partial charge in [0, 0.05) is 21.3 Å². The molecular weight excluding hydrogens is 284 g/mol. The molecule has 1 heterocycles. The lowest BCUT2D eigenvalue weighted by Gasteiger charge is -2.43. The molecule has 0 spiro atoms. The van der Waals surface area contributed by atoms with E-state index in [2.05, 4.69) is 6.58 Å². The first-order valence-corrected chi connectivity index (χ1v) is 6.47. The van der Waals surface area contributed by atoms with Crippen molar-refractivity contribution in [3.63, 3.8) is 0 Å². The Morgan fingerprint density at radius 2 is 1.38 bits per heavy atom. The van der Waals surface area contributed by atoms with Gasteiger partial charge in [0.2, 0.25) is 0 Å². The molecule has 1 fully saturated rings. The summed E-state index contributed by atoms with van der Waals surface area (Å²) in [4.78, 5) is 0. The lowest BCUT2D eigenvalue weighted by atomic mass is 9.98. The average Bonchev–Trinajstić information content (AvgIpc) is 2.50. The minimum Gasteiger partial charge on any atom is -0.366 e. The van der Waals surface area contributed by atoms with E-state index < -0.39 is 30.7 Å². The Kier molecular flexibility index (Phi) is 8.97. The van der Waals surface area contributed by atoms with Crippen molar-refractivity contribution in [3.8, 4) is 0 Å². The van der Waals surface area contributed by atoms with Gasteiger partial charge in [-0.25, -0.2) is 0 Å². The van der Waals surface area contributed by atoms with E-state index in [-0.39, 0.29) is 20.4 Å². The molecule has 1 unspecified atom stereocenters. The SMILES string of the molecule is C=C[C@@H]1OC(O)[C@@H](OCOC)[C@H](OCOC)[C@@H]1OCOC. The van der Waals surface area contributed by atoms with Crippen LogP contribution in [0.2, 0.25) is 0 Å². The molecule has 1 aliphatic heterocycles. The maximum atomic E-state index is 10.1. The van der Waals surface area contributed by atoms with Gasteiger partial charge in [0.25, 0.3) is 0 Å². The molecule has 1 rings (SSSR count). The average molecular weight is 308 g/mol. The van der Waals surface area contributed by atoms with E-state index in [0.29, 0.717) is 0 Å².